The van der Waals surface area contributed by atoms with E-state index in [1.54, 1.807) is 0 Å². The molecule has 1 nitrogen and oxygen atoms in total. The molecular weight excluding hydrogens is 641 g/mol. The highest BCUT2D eigenvalue weighted by atomic mass is 16.3. The van der Waals surface area contributed by atoms with Gasteiger partial charge in [0.15, 0.2) is 0 Å². The number of fused-ring (bicyclic) bond motifs is 5. The van der Waals surface area contributed by atoms with Gasteiger partial charge in [-0.25, -0.2) is 0 Å². The van der Waals surface area contributed by atoms with Gasteiger partial charge in [-0.1, -0.05) is 175 Å². The van der Waals surface area contributed by atoms with Gasteiger partial charge < -0.3 is 4.42 Å². The van der Waals surface area contributed by atoms with Gasteiger partial charge in [-0.15, -0.1) is 0 Å². The van der Waals surface area contributed by atoms with E-state index in [1.807, 2.05) is 0 Å². The van der Waals surface area contributed by atoms with Crippen molar-refractivity contribution in [2.75, 3.05) is 0 Å². The van der Waals surface area contributed by atoms with Crippen molar-refractivity contribution in [2.45, 2.75) is 52.4 Å². The second-order valence-electron chi connectivity index (χ2n) is 16.6. The predicted molar refractivity (Wildman–Crippen MR) is 228 cm³/mol. The van der Waals surface area contributed by atoms with Crippen molar-refractivity contribution >= 4 is 43.5 Å². The van der Waals surface area contributed by atoms with Crippen molar-refractivity contribution in [1.82, 2.24) is 0 Å². The Morgan fingerprint density at radius 3 is 1.38 bits per heavy atom. The second-order valence-corrected chi connectivity index (χ2v) is 16.6. The molecule has 258 valence electrons. The molecule has 0 radical (unpaired) electrons. The van der Waals surface area contributed by atoms with Crippen molar-refractivity contribution in [3.63, 3.8) is 0 Å². The number of hydrogen-bond donors (Lipinski definition) is 0. The average Bonchev–Trinajstić information content (AvgIpc) is 3.55. The third kappa shape index (κ3) is 5.63. The van der Waals surface area contributed by atoms with Crippen LogP contribution in [0, 0.1) is 0 Å². The minimum Gasteiger partial charge on any atom is -0.455 e. The van der Waals surface area contributed by atoms with Crippen LogP contribution in [-0.2, 0) is 10.8 Å². The molecule has 0 aliphatic rings. The summed E-state index contributed by atoms with van der Waals surface area (Å²) in [5.41, 5.74) is 14.1. The summed E-state index contributed by atoms with van der Waals surface area (Å²) >= 11 is 0. The lowest BCUT2D eigenvalue weighted by atomic mass is 9.83. The molecule has 1 heterocycles. The number of hydrogen-bond acceptors (Lipinski definition) is 1. The SMILES string of the molecule is CC(C)(C)c1cccc2c1oc1c(C(C)(C)C)cc(-c3cccc(-c4ccc5c(-c6ccccc6)c6ccccc6c(-c6ccccc6)c5c4)c3)cc12. The zero-order valence-electron chi connectivity index (χ0n) is 31.4. The van der Waals surface area contributed by atoms with E-state index >= 15 is 0 Å². The Hall–Kier alpha value is -5.92. The standard InChI is InChI=1S/C52H44O/c1-51(2,3)45-26-16-25-42-44-31-38(32-46(52(4,5)6)50(44)53-49(42)45)36-22-15-21-35(29-36)37-27-28-41-43(30-37)48(34-19-11-8-12-20-34)40-24-14-13-23-39(40)47(41)33-17-9-7-10-18-33/h7-32H,1-6H3. The molecule has 0 bridgehead atoms. The first kappa shape index (κ1) is 33.0. The molecule has 0 unspecified atom stereocenters. The Balaban J connectivity index is 1.27. The van der Waals surface area contributed by atoms with E-state index in [4.69, 9.17) is 4.42 Å². The van der Waals surface area contributed by atoms with Crippen molar-refractivity contribution in [3.05, 3.63) is 169 Å². The third-order valence-corrected chi connectivity index (χ3v) is 10.9. The second kappa shape index (κ2) is 12.3. The van der Waals surface area contributed by atoms with Crippen LogP contribution in [0.25, 0.3) is 88.0 Å². The highest BCUT2D eigenvalue weighted by Gasteiger charge is 2.26. The molecule has 1 heteroatoms. The topological polar surface area (TPSA) is 13.1 Å². The lowest BCUT2D eigenvalue weighted by molar-refractivity contribution is 0.557. The van der Waals surface area contributed by atoms with E-state index in [0.29, 0.717) is 0 Å². The molecule has 0 saturated carbocycles. The zero-order valence-corrected chi connectivity index (χ0v) is 31.4. The number of rotatable bonds is 4. The number of furan rings is 1. The summed E-state index contributed by atoms with van der Waals surface area (Å²) in [4.78, 5) is 0. The summed E-state index contributed by atoms with van der Waals surface area (Å²) in [5.74, 6) is 0. The maximum atomic E-state index is 6.81. The van der Waals surface area contributed by atoms with Gasteiger partial charge in [0.2, 0.25) is 0 Å². The Morgan fingerprint density at radius 1 is 0.302 bits per heavy atom. The fourth-order valence-corrected chi connectivity index (χ4v) is 8.28. The van der Waals surface area contributed by atoms with E-state index in [2.05, 4.69) is 199 Å². The molecule has 0 amide bonds. The van der Waals surface area contributed by atoms with Crippen LogP contribution in [0.2, 0.25) is 0 Å². The minimum absolute atomic E-state index is 0.0270. The van der Waals surface area contributed by atoms with Gasteiger partial charge in [-0.2, -0.15) is 0 Å². The third-order valence-electron chi connectivity index (χ3n) is 10.9. The van der Waals surface area contributed by atoms with E-state index in [1.165, 1.54) is 88.0 Å². The molecule has 1 aromatic heterocycles. The van der Waals surface area contributed by atoms with Crippen molar-refractivity contribution in [3.8, 4) is 44.5 Å². The lowest BCUT2D eigenvalue weighted by Crippen LogP contribution is -2.11. The van der Waals surface area contributed by atoms with Crippen molar-refractivity contribution < 1.29 is 4.42 Å². The first-order valence-corrected chi connectivity index (χ1v) is 18.8. The summed E-state index contributed by atoms with van der Waals surface area (Å²) in [6.07, 6.45) is 0. The van der Waals surface area contributed by atoms with Crippen LogP contribution in [0.5, 0.6) is 0 Å². The van der Waals surface area contributed by atoms with Gasteiger partial charge in [0.05, 0.1) is 0 Å². The van der Waals surface area contributed by atoms with Crippen LogP contribution >= 0.6 is 0 Å². The van der Waals surface area contributed by atoms with Crippen LogP contribution in [0.15, 0.2) is 162 Å². The van der Waals surface area contributed by atoms with Crippen LogP contribution < -0.4 is 0 Å². The van der Waals surface area contributed by atoms with Crippen molar-refractivity contribution in [1.29, 1.82) is 0 Å². The van der Waals surface area contributed by atoms with Gasteiger partial charge in [-0.05, 0) is 101 Å². The van der Waals surface area contributed by atoms with Gasteiger partial charge >= 0.3 is 0 Å². The van der Waals surface area contributed by atoms with E-state index < -0.39 is 0 Å². The highest BCUT2D eigenvalue weighted by molar-refractivity contribution is 6.22. The molecule has 0 atom stereocenters. The molecule has 0 aliphatic carbocycles. The van der Waals surface area contributed by atoms with Crippen LogP contribution in [0.3, 0.4) is 0 Å². The Labute approximate surface area is 312 Å². The summed E-state index contributed by atoms with van der Waals surface area (Å²) in [5, 5.41) is 7.41. The van der Waals surface area contributed by atoms with Gasteiger partial charge in [-0.3, -0.25) is 0 Å². The molecule has 53 heavy (non-hydrogen) atoms. The maximum Gasteiger partial charge on any atom is 0.139 e. The predicted octanol–water partition coefficient (Wildman–Crippen LogP) is 15.2. The maximum absolute atomic E-state index is 6.81. The summed E-state index contributed by atoms with van der Waals surface area (Å²) in [6, 6.07) is 58.0. The summed E-state index contributed by atoms with van der Waals surface area (Å²) in [6.45, 7) is 13.6. The van der Waals surface area contributed by atoms with E-state index in [0.717, 1.165) is 11.2 Å². The Bertz CT molecular complexity index is 2820. The smallest absolute Gasteiger partial charge is 0.139 e. The Morgan fingerprint density at radius 2 is 0.755 bits per heavy atom. The minimum atomic E-state index is -0.104. The molecule has 9 aromatic rings. The lowest BCUT2D eigenvalue weighted by Gasteiger charge is -2.21. The van der Waals surface area contributed by atoms with E-state index in [9.17, 15) is 0 Å². The quantitative estimate of drug-likeness (QED) is 0.168. The van der Waals surface area contributed by atoms with Gasteiger partial charge in [0.25, 0.3) is 0 Å². The molecule has 0 fully saturated rings. The fourth-order valence-electron chi connectivity index (χ4n) is 8.28. The molecule has 0 spiro atoms. The fraction of sp³-hybridized carbons (Fsp3) is 0.154. The first-order chi connectivity index (χ1) is 25.6. The normalized spacial score (nSPS) is 12.3. The van der Waals surface area contributed by atoms with Gasteiger partial charge in [0, 0.05) is 21.9 Å². The number of benzene rings is 8. The van der Waals surface area contributed by atoms with Gasteiger partial charge in [0.1, 0.15) is 11.2 Å². The monoisotopic (exact) mass is 684 g/mol. The van der Waals surface area contributed by atoms with Crippen LogP contribution in [0.4, 0.5) is 0 Å². The van der Waals surface area contributed by atoms with Crippen LogP contribution in [-0.4, -0.2) is 0 Å². The highest BCUT2D eigenvalue weighted by Crippen LogP contribution is 2.46. The molecule has 0 N–H and O–H groups in total. The molecule has 8 aromatic carbocycles. The summed E-state index contributed by atoms with van der Waals surface area (Å²) in [7, 11) is 0. The van der Waals surface area contributed by atoms with E-state index in [-0.39, 0.29) is 10.8 Å². The van der Waals surface area contributed by atoms with Crippen LogP contribution in [0.1, 0.15) is 52.7 Å². The Kier molecular flexibility index (Phi) is 7.68. The number of para-hydroxylation sites is 1. The first-order valence-electron chi connectivity index (χ1n) is 18.8. The summed E-state index contributed by atoms with van der Waals surface area (Å²) < 4.78 is 6.81. The largest absolute Gasteiger partial charge is 0.455 e. The zero-order chi connectivity index (χ0) is 36.5. The molecule has 0 aliphatic heterocycles. The van der Waals surface area contributed by atoms with Crippen molar-refractivity contribution in [2.24, 2.45) is 0 Å². The average molecular weight is 685 g/mol. The molecule has 0 saturated heterocycles. The molecular formula is C52H44O. The molecule has 9 rings (SSSR count).